The van der Waals surface area contributed by atoms with Crippen molar-refractivity contribution in [2.75, 3.05) is 9.44 Å². The van der Waals surface area contributed by atoms with Gasteiger partial charge in [0.15, 0.2) is 0 Å². The normalized spacial score (nSPS) is 13.2. The lowest BCUT2D eigenvalue weighted by Gasteiger charge is -2.11. The van der Waals surface area contributed by atoms with Crippen LogP contribution in [0.25, 0.3) is 0 Å². The zero-order chi connectivity index (χ0) is 22.1. The molecule has 0 saturated carbocycles. The Morgan fingerprint density at radius 3 is 1.10 bits per heavy atom. The molecule has 2 aromatic carbocycles. The zero-order valence-corrected chi connectivity index (χ0v) is 16.2. The van der Waals surface area contributed by atoms with Crippen molar-refractivity contribution in [1.82, 2.24) is 0 Å². The zero-order valence-electron chi connectivity index (χ0n) is 13.7. The summed E-state index contributed by atoms with van der Waals surface area (Å²) in [7, 11) is -11.1. The number of alkyl halides is 6. The van der Waals surface area contributed by atoms with E-state index in [4.69, 9.17) is 0 Å². The molecular weight excluding hydrogens is 470 g/mol. The molecule has 0 unspecified atom stereocenters. The largest absolute Gasteiger partial charge is 0.516 e. The van der Waals surface area contributed by atoms with Crippen LogP contribution in [0.1, 0.15) is 0 Å². The van der Waals surface area contributed by atoms with E-state index in [1.807, 2.05) is 0 Å². The SMILES string of the molecule is O=S(=O)(Nc1ccc(Sc2ccc(NS(=O)(=O)C(F)(F)F)cc2)cc1)C(F)(F)F. The molecule has 15 heteroatoms. The van der Waals surface area contributed by atoms with Crippen molar-refractivity contribution >= 4 is 43.2 Å². The van der Waals surface area contributed by atoms with Crippen LogP contribution >= 0.6 is 11.8 Å². The summed E-state index contributed by atoms with van der Waals surface area (Å²) in [5.74, 6) is 0. The number of anilines is 2. The highest BCUT2D eigenvalue weighted by atomic mass is 32.2. The van der Waals surface area contributed by atoms with Crippen LogP contribution in [-0.4, -0.2) is 27.9 Å². The smallest absolute Gasteiger partial charge is 0.276 e. The van der Waals surface area contributed by atoms with E-state index in [1.165, 1.54) is 33.7 Å². The molecule has 0 amide bonds. The van der Waals surface area contributed by atoms with Gasteiger partial charge in [-0.15, -0.1) is 0 Å². The van der Waals surface area contributed by atoms with Crippen molar-refractivity contribution in [3.8, 4) is 0 Å². The predicted molar refractivity (Wildman–Crippen MR) is 94.2 cm³/mol. The van der Waals surface area contributed by atoms with Crippen LogP contribution in [0.4, 0.5) is 37.7 Å². The molecule has 0 heterocycles. The van der Waals surface area contributed by atoms with Crippen molar-refractivity contribution in [2.24, 2.45) is 0 Å². The predicted octanol–water partition coefficient (Wildman–Crippen LogP) is 4.36. The van der Waals surface area contributed by atoms with Gasteiger partial charge in [-0.2, -0.15) is 43.2 Å². The molecule has 0 aromatic heterocycles. The molecule has 2 rings (SSSR count). The Kier molecular flexibility index (Phi) is 6.34. The highest BCUT2D eigenvalue weighted by Gasteiger charge is 2.46. The first-order valence-electron chi connectivity index (χ1n) is 7.17. The molecule has 6 nitrogen and oxygen atoms in total. The topological polar surface area (TPSA) is 92.3 Å². The molecule has 0 aliphatic carbocycles. The minimum atomic E-state index is -5.55. The fourth-order valence-corrected chi connectivity index (χ4v) is 3.68. The molecule has 0 saturated heterocycles. The molecule has 0 fully saturated rings. The monoisotopic (exact) mass is 480 g/mol. The summed E-state index contributed by atoms with van der Waals surface area (Å²) in [6, 6.07) is 9.65. The average molecular weight is 480 g/mol. The molecule has 0 radical (unpaired) electrons. The van der Waals surface area contributed by atoms with E-state index in [-0.39, 0.29) is 11.4 Å². The first-order valence-corrected chi connectivity index (χ1v) is 11.0. The van der Waals surface area contributed by atoms with Crippen molar-refractivity contribution in [2.45, 2.75) is 20.8 Å². The number of benzene rings is 2. The summed E-state index contributed by atoms with van der Waals surface area (Å²) in [4.78, 5) is 0.951. The Bertz CT molecular complexity index is 977. The Labute approximate surface area is 165 Å². The molecule has 0 bridgehead atoms. The third kappa shape index (κ3) is 5.93. The van der Waals surface area contributed by atoms with Gasteiger partial charge in [0.2, 0.25) is 0 Å². The van der Waals surface area contributed by atoms with Gasteiger partial charge in [-0.05, 0) is 48.5 Å². The molecule has 0 aliphatic rings. The minimum absolute atomic E-state index is 0.316. The van der Waals surface area contributed by atoms with Crippen LogP contribution < -0.4 is 9.44 Å². The van der Waals surface area contributed by atoms with Gasteiger partial charge in [-0.3, -0.25) is 9.44 Å². The second kappa shape index (κ2) is 7.95. The molecule has 0 aliphatic heterocycles. The van der Waals surface area contributed by atoms with Crippen LogP contribution in [0, 0.1) is 0 Å². The third-order valence-electron chi connectivity index (χ3n) is 3.06. The number of sulfonamides is 2. The molecule has 0 atom stereocenters. The molecule has 160 valence electrons. The van der Waals surface area contributed by atoms with E-state index >= 15 is 0 Å². The molecule has 29 heavy (non-hydrogen) atoms. The Morgan fingerprint density at radius 2 is 0.862 bits per heavy atom. The van der Waals surface area contributed by atoms with Crippen molar-refractivity contribution in [3.63, 3.8) is 0 Å². The van der Waals surface area contributed by atoms with Crippen LogP contribution in [0.15, 0.2) is 58.3 Å². The first-order chi connectivity index (χ1) is 13.1. The van der Waals surface area contributed by atoms with E-state index in [0.717, 1.165) is 36.0 Å². The van der Waals surface area contributed by atoms with Gasteiger partial charge in [0.05, 0.1) is 0 Å². The van der Waals surface area contributed by atoms with Gasteiger partial charge in [-0.25, -0.2) is 0 Å². The van der Waals surface area contributed by atoms with Crippen molar-refractivity contribution in [1.29, 1.82) is 0 Å². The lowest BCUT2D eigenvalue weighted by Crippen LogP contribution is -2.29. The summed E-state index contributed by atoms with van der Waals surface area (Å²) in [6.45, 7) is 0. The Balaban J connectivity index is 2.06. The Morgan fingerprint density at radius 1 is 0.586 bits per heavy atom. The Hall–Kier alpha value is -2.13. The fraction of sp³-hybridized carbons (Fsp3) is 0.143. The van der Waals surface area contributed by atoms with Gasteiger partial charge in [-0.1, -0.05) is 11.8 Å². The van der Waals surface area contributed by atoms with Crippen LogP contribution in [0.2, 0.25) is 0 Å². The highest BCUT2D eigenvalue weighted by Crippen LogP contribution is 2.32. The summed E-state index contributed by atoms with van der Waals surface area (Å²) < 4.78 is 121. The number of hydrogen-bond acceptors (Lipinski definition) is 5. The molecule has 2 aromatic rings. The van der Waals surface area contributed by atoms with E-state index < -0.39 is 31.1 Å². The summed E-state index contributed by atoms with van der Waals surface area (Å²) in [5, 5.41) is 0. The number of rotatable bonds is 6. The van der Waals surface area contributed by atoms with Gasteiger partial charge in [0.25, 0.3) is 0 Å². The van der Waals surface area contributed by atoms with Gasteiger partial charge in [0, 0.05) is 21.2 Å². The van der Waals surface area contributed by atoms with Crippen LogP contribution in [0.5, 0.6) is 0 Å². The van der Waals surface area contributed by atoms with Crippen molar-refractivity contribution < 1.29 is 43.2 Å². The van der Waals surface area contributed by atoms with Crippen LogP contribution in [0.3, 0.4) is 0 Å². The summed E-state index contributed by atoms with van der Waals surface area (Å²) in [6.07, 6.45) is 0. The number of nitrogens with one attached hydrogen (secondary N) is 2. The maximum atomic E-state index is 12.3. The van der Waals surface area contributed by atoms with E-state index in [9.17, 15) is 43.2 Å². The maximum Gasteiger partial charge on any atom is 0.516 e. The van der Waals surface area contributed by atoms with Crippen LogP contribution in [-0.2, 0) is 20.0 Å². The van der Waals surface area contributed by atoms with E-state index in [1.54, 1.807) is 0 Å². The third-order valence-corrected chi connectivity index (χ3v) is 6.30. The quantitative estimate of drug-likeness (QED) is 0.600. The van der Waals surface area contributed by atoms with Gasteiger partial charge < -0.3 is 0 Å². The maximum absolute atomic E-state index is 12.3. The highest BCUT2D eigenvalue weighted by molar-refractivity contribution is 7.99. The number of halogens is 6. The molecule has 0 spiro atoms. The standard InChI is InChI=1S/C14H10F6N2O4S3/c15-13(16,17)28(23,24)21-9-1-5-11(6-2-9)27-12-7-3-10(4-8-12)22-29(25,26)14(18,19)20/h1-8,21-22H. The van der Waals surface area contributed by atoms with Crippen molar-refractivity contribution in [3.05, 3.63) is 48.5 Å². The second-order valence-corrected chi connectivity index (χ2v) is 9.75. The lowest BCUT2D eigenvalue weighted by atomic mass is 10.3. The average Bonchev–Trinajstić information content (AvgIpc) is 2.56. The molecule has 2 N–H and O–H groups in total. The first kappa shape index (κ1) is 23.2. The van der Waals surface area contributed by atoms with E-state index in [2.05, 4.69) is 0 Å². The summed E-state index contributed by atoms with van der Waals surface area (Å²) >= 11 is 1.05. The summed E-state index contributed by atoms with van der Waals surface area (Å²) in [5.41, 5.74) is -11.6. The lowest BCUT2D eigenvalue weighted by molar-refractivity contribution is -0.0435. The van der Waals surface area contributed by atoms with Gasteiger partial charge >= 0.3 is 31.1 Å². The fourth-order valence-electron chi connectivity index (χ4n) is 1.74. The second-order valence-electron chi connectivity index (χ2n) is 5.25. The number of hydrogen-bond donors (Lipinski definition) is 2. The van der Waals surface area contributed by atoms with Gasteiger partial charge in [0.1, 0.15) is 0 Å². The minimum Gasteiger partial charge on any atom is -0.276 e. The van der Waals surface area contributed by atoms with E-state index in [0.29, 0.717) is 9.79 Å². The molecular formula is C14H10F6N2O4S3.